The van der Waals surface area contributed by atoms with Crippen molar-refractivity contribution < 1.29 is 4.57 Å². The number of hydrogen-bond donors (Lipinski definition) is 0. The quantitative estimate of drug-likeness (QED) is 0.236. The van der Waals surface area contributed by atoms with E-state index in [1.807, 2.05) is 42.5 Å². The summed E-state index contributed by atoms with van der Waals surface area (Å²) >= 11 is 0. The highest BCUT2D eigenvalue weighted by Gasteiger charge is 2.50. The molecule has 8 rings (SSSR count). The van der Waals surface area contributed by atoms with Crippen LogP contribution in [0.5, 0.6) is 0 Å². The topological polar surface area (TPSA) is 26.9 Å². The number of benzene rings is 4. The fraction of sp³-hybridized carbons (Fsp3) is 0.0588. The molecule has 182 valence electrons. The van der Waals surface area contributed by atoms with Crippen LogP contribution >= 0.6 is 7.14 Å². The van der Waals surface area contributed by atoms with Gasteiger partial charge in [-0.05, 0) is 43.2 Å². The first-order valence-electron chi connectivity index (χ1n) is 13.1. The predicted molar refractivity (Wildman–Crippen MR) is 158 cm³/mol. The van der Waals surface area contributed by atoms with Gasteiger partial charge in [-0.1, -0.05) is 97.1 Å². The van der Waals surface area contributed by atoms with Crippen LogP contribution in [-0.4, -0.2) is 9.13 Å². The summed E-state index contributed by atoms with van der Waals surface area (Å²) in [6, 6.07) is 39.5. The Labute approximate surface area is 221 Å². The van der Waals surface area contributed by atoms with E-state index in [2.05, 4.69) is 94.1 Å². The second-order valence-corrected chi connectivity index (χ2v) is 12.6. The lowest BCUT2D eigenvalue weighted by atomic mass is 9.97. The molecule has 0 fully saturated rings. The Morgan fingerprint density at radius 1 is 0.605 bits per heavy atom. The average Bonchev–Trinajstić information content (AvgIpc) is 3.60. The molecule has 0 radical (unpaired) electrons. The molecule has 0 spiro atoms. The van der Waals surface area contributed by atoms with Crippen molar-refractivity contribution in [3.05, 3.63) is 133 Å². The minimum atomic E-state index is -3.29. The van der Waals surface area contributed by atoms with E-state index in [0.29, 0.717) is 0 Å². The van der Waals surface area contributed by atoms with Crippen LogP contribution in [0.4, 0.5) is 0 Å². The Morgan fingerprint density at radius 2 is 1.18 bits per heavy atom. The van der Waals surface area contributed by atoms with Gasteiger partial charge in [0.25, 0.3) is 0 Å². The monoisotopic (exact) mass is 508 g/mol. The molecule has 2 aliphatic rings. The van der Waals surface area contributed by atoms with Gasteiger partial charge in [-0.3, -0.25) is 0 Å². The molecule has 0 saturated carbocycles. The minimum Gasteiger partial charge on any atom is -0.309 e. The molecule has 0 N–H and O–H groups in total. The van der Waals surface area contributed by atoms with Gasteiger partial charge in [-0.2, -0.15) is 0 Å². The summed E-state index contributed by atoms with van der Waals surface area (Å²) in [6.07, 6.45) is 6.43. The Kier molecular flexibility index (Phi) is 4.62. The first-order chi connectivity index (χ1) is 18.8. The second kappa shape index (κ2) is 8.08. The van der Waals surface area contributed by atoms with Crippen LogP contribution in [0.3, 0.4) is 0 Å². The van der Waals surface area contributed by atoms with Gasteiger partial charge in [-0.25, -0.2) is 0 Å². The van der Waals surface area contributed by atoms with Crippen LogP contribution in [0.1, 0.15) is 17.7 Å². The van der Waals surface area contributed by atoms with E-state index >= 15 is 4.57 Å². The third-order valence-corrected chi connectivity index (χ3v) is 11.0. The molecular formula is C34H25N2OP. The number of hydrogen-bond acceptors (Lipinski definition) is 1. The zero-order chi connectivity index (χ0) is 25.3. The van der Waals surface area contributed by atoms with E-state index in [9.17, 15) is 0 Å². The molecule has 38 heavy (non-hydrogen) atoms. The number of allylic oxidation sites excluding steroid dienone is 1. The number of rotatable bonds is 3. The molecular weight excluding hydrogens is 483 g/mol. The fourth-order valence-electron chi connectivity index (χ4n) is 6.46. The Morgan fingerprint density at radius 3 is 1.89 bits per heavy atom. The van der Waals surface area contributed by atoms with E-state index < -0.39 is 7.14 Å². The molecule has 0 bridgehead atoms. The largest absolute Gasteiger partial charge is 0.309 e. The molecule has 4 aromatic carbocycles. The van der Waals surface area contributed by atoms with Crippen molar-refractivity contribution in [1.82, 2.24) is 9.13 Å². The average molecular weight is 509 g/mol. The molecule has 4 heteroatoms. The van der Waals surface area contributed by atoms with Crippen molar-refractivity contribution in [1.29, 1.82) is 0 Å². The summed E-state index contributed by atoms with van der Waals surface area (Å²) in [5, 5.41) is 2.02. The van der Waals surface area contributed by atoms with Gasteiger partial charge < -0.3 is 13.7 Å². The minimum absolute atomic E-state index is 0.871. The van der Waals surface area contributed by atoms with Crippen molar-refractivity contribution in [2.45, 2.75) is 12.8 Å². The summed E-state index contributed by atoms with van der Waals surface area (Å²) in [4.78, 5) is 0. The maximum atomic E-state index is 16.2. The second-order valence-electron chi connectivity index (χ2n) is 10.0. The van der Waals surface area contributed by atoms with E-state index in [1.54, 1.807) is 0 Å². The highest BCUT2D eigenvalue weighted by Crippen LogP contribution is 2.58. The number of para-hydroxylation sites is 3. The van der Waals surface area contributed by atoms with E-state index in [-0.39, 0.29) is 0 Å². The predicted octanol–water partition coefficient (Wildman–Crippen LogP) is 7.00. The standard InChI is InChI=1S/C34H25N2OP/c37-38(26-18-8-3-9-19-26)33-31(27-20-10-12-22-29(27)35(33)24-14-4-1-5-15-24)32-28-21-11-13-23-30(28)36(34(32)38)25-16-6-2-7-17-25/h1-12,14-22H,13,23H2. The lowest BCUT2D eigenvalue weighted by Gasteiger charge is -2.23. The van der Waals surface area contributed by atoms with Crippen LogP contribution in [0.25, 0.3) is 39.5 Å². The summed E-state index contributed by atoms with van der Waals surface area (Å²) in [5.41, 5.74) is 9.74. The van der Waals surface area contributed by atoms with Gasteiger partial charge in [0.1, 0.15) is 10.9 Å². The highest BCUT2D eigenvalue weighted by atomic mass is 31.2. The first-order valence-corrected chi connectivity index (χ1v) is 14.8. The molecule has 6 aromatic rings. The summed E-state index contributed by atoms with van der Waals surface area (Å²) in [5.74, 6) is 0. The van der Waals surface area contributed by atoms with Crippen molar-refractivity contribution in [2.75, 3.05) is 0 Å². The molecule has 1 aliphatic heterocycles. The zero-order valence-electron chi connectivity index (χ0n) is 20.8. The maximum Gasteiger partial charge on any atom is 0.204 e. The third-order valence-electron chi connectivity index (χ3n) is 7.96. The molecule has 1 aliphatic carbocycles. The summed E-state index contributed by atoms with van der Waals surface area (Å²) in [7, 11) is -3.29. The molecule has 1 atom stereocenters. The smallest absolute Gasteiger partial charge is 0.204 e. The number of nitrogens with zero attached hydrogens (tertiary/aromatic N) is 2. The fourth-order valence-corrected chi connectivity index (χ4v) is 9.86. The lowest BCUT2D eigenvalue weighted by Crippen LogP contribution is -2.30. The van der Waals surface area contributed by atoms with Crippen molar-refractivity contribution in [2.24, 2.45) is 0 Å². The Balaban J connectivity index is 1.62. The lowest BCUT2D eigenvalue weighted by molar-refractivity contribution is 0.591. The van der Waals surface area contributed by atoms with Gasteiger partial charge in [0.15, 0.2) is 0 Å². The normalized spacial score (nSPS) is 17.4. The summed E-state index contributed by atoms with van der Waals surface area (Å²) in [6.45, 7) is 0. The van der Waals surface area contributed by atoms with Gasteiger partial charge in [0.2, 0.25) is 7.14 Å². The zero-order valence-corrected chi connectivity index (χ0v) is 21.7. The van der Waals surface area contributed by atoms with E-state index in [4.69, 9.17) is 0 Å². The highest BCUT2D eigenvalue weighted by molar-refractivity contribution is 7.86. The number of aromatic nitrogens is 2. The van der Waals surface area contributed by atoms with Gasteiger partial charge in [-0.15, -0.1) is 0 Å². The number of fused-ring (bicyclic) bond motifs is 7. The molecule has 0 amide bonds. The van der Waals surface area contributed by atoms with Crippen LogP contribution in [-0.2, 0) is 11.0 Å². The van der Waals surface area contributed by atoms with E-state index in [1.165, 1.54) is 11.3 Å². The van der Waals surface area contributed by atoms with Gasteiger partial charge >= 0.3 is 0 Å². The van der Waals surface area contributed by atoms with Gasteiger partial charge in [0.05, 0.1) is 5.52 Å². The SMILES string of the molecule is O=P1(c2ccccc2)c2c(c3c(n2-c2ccccc2)CCC=C3)-c2c1n(-c1ccccc1)c1ccccc21. The van der Waals surface area contributed by atoms with E-state index in [0.717, 1.165) is 62.4 Å². The third kappa shape index (κ3) is 2.77. The first kappa shape index (κ1) is 21.7. The van der Waals surface area contributed by atoms with Crippen LogP contribution < -0.4 is 16.2 Å². The van der Waals surface area contributed by atoms with Crippen molar-refractivity contribution in [3.63, 3.8) is 0 Å². The molecule has 3 heterocycles. The molecule has 2 aromatic heterocycles. The van der Waals surface area contributed by atoms with Crippen molar-refractivity contribution in [3.8, 4) is 22.5 Å². The molecule has 3 nitrogen and oxygen atoms in total. The van der Waals surface area contributed by atoms with Crippen LogP contribution in [0.15, 0.2) is 121 Å². The molecule has 1 unspecified atom stereocenters. The van der Waals surface area contributed by atoms with Crippen LogP contribution in [0, 0.1) is 0 Å². The van der Waals surface area contributed by atoms with Crippen LogP contribution in [0.2, 0.25) is 0 Å². The Hall–Kier alpha value is -4.33. The maximum absolute atomic E-state index is 16.2. The molecule has 0 saturated heterocycles. The Bertz CT molecular complexity index is 1930. The van der Waals surface area contributed by atoms with Crippen molar-refractivity contribution >= 4 is 40.3 Å². The van der Waals surface area contributed by atoms with Gasteiger partial charge in [0, 0.05) is 44.4 Å². The summed E-state index contributed by atoms with van der Waals surface area (Å²) < 4.78 is 20.8.